The zero-order chi connectivity index (χ0) is 18.9. The summed E-state index contributed by atoms with van der Waals surface area (Å²) < 4.78 is 5.58. The number of hydrogen-bond acceptors (Lipinski definition) is 4. The third-order valence-electron chi connectivity index (χ3n) is 4.15. The molecule has 0 aliphatic heterocycles. The van der Waals surface area contributed by atoms with Gasteiger partial charge in [0.2, 0.25) is 0 Å². The highest BCUT2D eigenvalue weighted by Gasteiger charge is 2.17. The van der Waals surface area contributed by atoms with Crippen LogP contribution >= 0.6 is 35.7 Å². The Morgan fingerprint density at radius 3 is 2.63 bits per heavy atom. The number of rotatable bonds is 8. The third kappa shape index (κ3) is 7.38. The van der Waals surface area contributed by atoms with Gasteiger partial charge in [0.25, 0.3) is 0 Å². The first-order chi connectivity index (χ1) is 12.5. The van der Waals surface area contributed by atoms with Crippen molar-refractivity contribution in [3.63, 3.8) is 0 Å². The van der Waals surface area contributed by atoms with E-state index in [4.69, 9.17) is 9.41 Å². The standard InChI is InChI=1S/C20H30N4OS.HI/c1-6-21-20(22-13-16-10-9-15(2)12-19(16)26-5)23-14-17(24(3)4)18-8-7-11-25-18;/h7-12,17H,6,13-14H2,1-5H3,(H2,21,22,23);1H. The molecule has 27 heavy (non-hydrogen) atoms. The van der Waals surface area contributed by atoms with Crippen molar-refractivity contribution in [2.45, 2.75) is 31.3 Å². The maximum absolute atomic E-state index is 5.58. The van der Waals surface area contributed by atoms with Crippen LogP contribution in [0.5, 0.6) is 0 Å². The summed E-state index contributed by atoms with van der Waals surface area (Å²) >= 11 is 1.77. The van der Waals surface area contributed by atoms with Crippen LogP contribution in [0.2, 0.25) is 0 Å². The highest BCUT2D eigenvalue weighted by molar-refractivity contribution is 14.0. The van der Waals surface area contributed by atoms with Crippen molar-refractivity contribution in [2.24, 2.45) is 4.99 Å². The van der Waals surface area contributed by atoms with Crippen LogP contribution in [-0.2, 0) is 6.54 Å². The fourth-order valence-corrected chi connectivity index (χ4v) is 3.40. The summed E-state index contributed by atoms with van der Waals surface area (Å²) in [5.74, 6) is 1.76. The van der Waals surface area contributed by atoms with E-state index in [9.17, 15) is 0 Å². The molecule has 0 saturated carbocycles. The minimum absolute atomic E-state index is 0. The molecule has 0 spiro atoms. The number of thioether (sulfide) groups is 1. The Labute approximate surface area is 184 Å². The molecule has 1 atom stereocenters. The molecule has 0 saturated heterocycles. The van der Waals surface area contributed by atoms with Crippen LogP contribution in [0.3, 0.4) is 0 Å². The summed E-state index contributed by atoms with van der Waals surface area (Å²) in [7, 11) is 4.10. The summed E-state index contributed by atoms with van der Waals surface area (Å²) in [6.07, 6.45) is 3.82. The predicted molar refractivity (Wildman–Crippen MR) is 126 cm³/mol. The Morgan fingerprint density at radius 2 is 2.04 bits per heavy atom. The Morgan fingerprint density at radius 1 is 1.26 bits per heavy atom. The van der Waals surface area contributed by atoms with Gasteiger partial charge in [0.15, 0.2) is 5.96 Å². The van der Waals surface area contributed by atoms with E-state index in [-0.39, 0.29) is 30.0 Å². The number of benzene rings is 1. The lowest BCUT2D eigenvalue weighted by Gasteiger charge is -2.23. The summed E-state index contributed by atoms with van der Waals surface area (Å²) in [5, 5.41) is 6.76. The van der Waals surface area contributed by atoms with Crippen molar-refractivity contribution in [3.8, 4) is 0 Å². The summed E-state index contributed by atoms with van der Waals surface area (Å²) in [5.41, 5.74) is 2.52. The minimum Gasteiger partial charge on any atom is -0.468 e. The maximum Gasteiger partial charge on any atom is 0.191 e. The molecule has 0 fully saturated rings. The second-order valence-electron chi connectivity index (χ2n) is 6.39. The van der Waals surface area contributed by atoms with Gasteiger partial charge in [0.1, 0.15) is 5.76 Å². The molecule has 0 aliphatic rings. The first kappa shape index (κ1) is 23.8. The van der Waals surface area contributed by atoms with Crippen LogP contribution in [0.15, 0.2) is 50.9 Å². The maximum atomic E-state index is 5.58. The fraction of sp³-hybridized carbons (Fsp3) is 0.450. The number of nitrogens with zero attached hydrogens (tertiary/aromatic N) is 2. The Balaban J connectivity index is 0.00000364. The first-order valence-corrected chi connectivity index (χ1v) is 10.1. The summed E-state index contributed by atoms with van der Waals surface area (Å²) in [6, 6.07) is 10.6. The van der Waals surface area contributed by atoms with Gasteiger partial charge in [0.05, 0.1) is 18.8 Å². The number of nitrogens with one attached hydrogen (secondary N) is 2. The summed E-state index contributed by atoms with van der Waals surface area (Å²) in [6.45, 7) is 6.39. The molecule has 1 aromatic heterocycles. The van der Waals surface area contributed by atoms with Crippen LogP contribution in [0.25, 0.3) is 0 Å². The zero-order valence-electron chi connectivity index (χ0n) is 16.8. The van der Waals surface area contributed by atoms with Gasteiger partial charge in [0, 0.05) is 18.0 Å². The van der Waals surface area contributed by atoms with Crippen LogP contribution in [0, 0.1) is 6.92 Å². The van der Waals surface area contributed by atoms with E-state index in [0.29, 0.717) is 6.54 Å². The SMILES string of the molecule is CCNC(=NCc1ccc(C)cc1SC)NCC(c1ccco1)N(C)C.I. The largest absolute Gasteiger partial charge is 0.468 e. The molecule has 7 heteroatoms. The molecular weight excluding hydrogens is 471 g/mol. The highest BCUT2D eigenvalue weighted by Crippen LogP contribution is 2.22. The number of likely N-dealkylation sites (N-methyl/N-ethyl adjacent to an activating group) is 1. The monoisotopic (exact) mass is 502 g/mol. The van der Waals surface area contributed by atoms with E-state index in [1.54, 1.807) is 18.0 Å². The van der Waals surface area contributed by atoms with Crippen molar-refractivity contribution in [1.82, 2.24) is 15.5 Å². The van der Waals surface area contributed by atoms with Gasteiger partial charge in [-0.1, -0.05) is 12.1 Å². The first-order valence-electron chi connectivity index (χ1n) is 8.90. The Bertz CT molecular complexity index is 704. The second-order valence-corrected chi connectivity index (χ2v) is 7.23. The van der Waals surface area contributed by atoms with Gasteiger partial charge in [-0.05, 0) is 63.5 Å². The molecule has 0 bridgehead atoms. The number of aliphatic imine (C=N–C) groups is 1. The van der Waals surface area contributed by atoms with Gasteiger partial charge >= 0.3 is 0 Å². The number of halogens is 1. The lowest BCUT2D eigenvalue weighted by atomic mass is 10.1. The Hall–Kier alpha value is -1.19. The van der Waals surface area contributed by atoms with Crippen LogP contribution in [0.4, 0.5) is 0 Å². The van der Waals surface area contributed by atoms with E-state index in [2.05, 4.69) is 67.9 Å². The van der Waals surface area contributed by atoms with Crippen LogP contribution in [-0.4, -0.2) is 44.3 Å². The fourth-order valence-electron chi connectivity index (χ4n) is 2.70. The molecule has 0 radical (unpaired) electrons. The average Bonchev–Trinajstić information content (AvgIpc) is 3.14. The minimum atomic E-state index is 0. The third-order valence-corrected chi connectivity index (χ3v) is 4.97. The molecule has 0 amide bonds. The van der Waals surface area contributed by atoms with Crippen molar-refractivity contribution < 1.29 is 4.42 Å². The van der Waals surface area contributed by atoms with Gasteiger partial charge in [-0.2, -0.15) is 0 Å². The molecule has 1 heterocycles. The van der Waals surface area contributed by atoms with Gasteiger partial charge < -0.3 is 15.1 Å². The summed E-state index contributed by atoms with van der Waals surface area (Å²) in [4.78, 5) is 8.19. The molecular formula is C20H31IN4OS. The molecule has 150 valence electrons. The number of aryl methyl sites for hydroxylation is 1. The molecule has 1 unspecified atom stereocenters. The highest BCUT2D eigenvalue weighted by atomic mass is 127. The lowest BCUT2D eigenvalue weighted by Crippen LogP contribution is -2.41. The van der Waals surface area contributed by atoms with E-state index in [1.165, 1.54) is 16.0 Å². The van der Waals surface area contributed by atoms with Crippen molar-refractivity contribution in [1.29, 1.82) is 0 Å². The van der Waals surface area contributed by atoms with E-state index in [0.717, 1.165) is 24.8 Å². The molecule has 1 aromatic carbocycles. The second kappa shape index (κ2) is 12.3. The van der Waals surface area contributed by atoms with Crippen LogP contribution < -0.4 is 10.6 Å². The van der Waals surface area contributed by atoms with E-state index in [1.807, 2.05) is 12.1 Å². The van der Waals surface area contributed by atoms with Crippen molar-refractivity contribution in [2.75, 3.05) is 33.4 Å². The predicted octanol–water partition coefficient (Wildman–Crippen LogP) is 4.29. The van der Waals surface area contributed by atoms with Gasteiger partial charge in [-0.25, -0.2) is 4.99 Å². The molecule has 5 nitrogen and oxygen atoms in total. The normalized spacial score (nSPS) is 12.6. The molecule has 0 aliphatic carbocycles. The number of guanidine groups is 1. The van der Waals surface area contributed by atoms with E-state index < -0.39 is 0 Å². The van der Waals surface area contributed by atoms with Gasteiger partial charge in [-0.15, -0.1) is 35.7 Å². The Kier molecular flexibility index (Phi) is 10.9. The number of furan rings is 1. The molecule has 2 N–H and O–H groups in total. The smallest absolute Gasteiger partial charge is 0.191 e. The van der Waals surface area contributed by atoms with Gasteiger partial charge in [-0.3, -0.25) is 4.90 Å². The van der Waals surface area contributed by atoms with E-state index >= 15 is 0 Å². The van der Waals surface area contributed by atoms with Crippen molar-refractivity contribution >= 4 is 41.7 Å². The lowest BCUT2D eigenvalue weighted by molar-refractivity contribution is 0.258. The van der Waals surface area contributed by atoms with Crippen molar-refractivity contribution in [3.05, 3.63) is 53.5 Å². The molecule has 2 aromatic rings. The average molecular weight is 502 g/mol. The topological polar surface area (TPSA) is 52.8 Å². The zero-order valence-corrected chi connectivity index (χ0v) is 19.9. The number of hydrogen-bond donors (Lipinski definition) is 2. The molecule has 2 rings (SSSR count). The van der Waals surface area contributed by atoms with Crippen LogP contribution in [0.1, 0.15) is 29.9 Å². The quantitative estimate of drug-likeness (QED) is 0.244.